The fourth-order valence-corrected chi connectivity index (χ4v) is 2.91. The van der Waals surface area contributed by atoms with Gasteiger partial charge in [0.2, 0.25) is 0 Å². The fraction of sp³-hybridized carbons (Fsp3) is 1.00. The van der Waals surface area contributed by atoms with E-state index in [0.717, 1.165) is 5.92 Å². The van der Waals surface area contributed by atoms with Crippen LogP contribution in [0.1, 0.15) is 34.1 Å². The van der Waals surface area contributed by atoms with Crippen LogP contribution in [0.3, 0.4) is 0 Å². The molecule has 0 aromatic rings. The lowest BCUT2D eigenvalue weighted by Crippen LogP contribution is -2.51. The number of hydrogen-bond acceptors (Lipinski definition) is 2. The molecule has 1 aliphatic heterocycles. The molecular weight excluding hydrogens is 178 g/mol. The van der Waals surface area contributed by atoms with Crippen LogP contribution in [0.2, 0.25) is 0 Å². The molecule has 1 rings (SSSR count). The molecule has 1 heterocycles. The molecule has 0 bridgehead atoms. The Bertz CT molecular complexity index is 156. The Hall–Kier alpha value is 0.310. The van der Waals surface area contributed by atoms with E-state index in [1.54, 1.807) is 0 Å². The van der Waals surface area contributed by atoms with Crippen LogP contribution in [0.25, 0.3) is 0 Å². The van der Waals surface area contributed by atoms with E-state index in [-0.39, 0.29) is 0 Å². The molecule has 0 radical (unpaired) electrons. The highest BCUT2D eigenvalue weighted by Crippen LogP contribution is 2.26. The third-order valence-electron chi connectivity index (χ3n) is 3.05. The molecule has 1 aliphatic rings. The summed E-state index contributed by atoms with van der Waals surface area (Å²) in [5.74, 6) is 3.46. The molecule has 1 atom stereocenters. The molecule has 78 valence electrons. The quantitative estimate of drug-likeness (QED) is 0.691. The first-order chi connectivity index (χ1) is 6.06. The Morgan fingerprint density at radius 3 is 2.69 bits per heavy atom. The summed E-state index contributed by atoms with van der Waals surface area (Å²) in [4.78, 5) is 2.66. The fourth-order valence-electron chi connectivity index (χ4n) is 1.73. The largest absolute Gasteiger partial charge is 0.296 e. The second-order valence-corrected chi connectivity index (χ2v) is 5.93. The predicted octanol–water partition coefficient (Wildman–Crippen LogP) is 2.86. The molecule has 0 aromatic carbocycles. The molecule has 0 N–H and O–H groups in total. The molecule has 1 saturated heterocycles. The number of hydrogen-bond donors (Lipinski definition) is 0. The first-order valence-electron chi connectivity index (χ1n) is 5.39. The second-order valence-electron chi connectivity index (χ2n) is 4.82. The molecule has 1 nitrogen and oxygen atoms in total. The smallest absolute Gasteiger partial charge is 0.0244 e. The van der Waals surface area contributed by atoms with Crippen molar-refractivity contribution in [1.82, 2.24) is 4.90 Å². The van der Waals surface area contributed by atoms with Gasteiger partial charge in [0.05, 0.1) is 0 Å². The van der Waals surface area contributed by atoms with E-state index in [2.05, 4.69) is 44.4 Å². The molecule has 0 spiro atoms. The Morgan fingerprint density at radius 2 is 2.15 bits per heavy atom. The standard InChI is InChI=1S/C11H23NS/c1-5-10(2)8-12-6-7-13-9-11(12,3)4/h10H,5-9H2,1-4H3. The molecular formula is C11H23NS. The summed E-state index contributed by atoms with van der Waals surface area (Å²) in [6.07, 6.45) is 1.31. The van der Waals surface area contributed by atoms with E-state index >= 15 is 0 Å². The summed E-state index contributed by atoms with van der Waals surface area (Å²) in [7, 11) is 0. The monoisotopic (exact) mass is 201 g/mol. The molecule has 1 fully saturated rings. The van der Waals surface area contributed by atoms with E-state index in [1.165, 1.54) is 31.0 Å². The van der Waals surface area contributed by atoms with E-state index in [0.29, 0.717) is 5.54 Å². The van der Waals surface area contributed by atoms with Crippen LogP contribution < -0.4 is 0 Å². The van der Waals surface area contributed by atoms with Gasteiger partial charge in [0.1, 0.15) is 0 Å². The van der Waals surface area contributed by atoms with Gasteiger partial charge in [-0.25, -0.2) is 0 Å². The van der Waals surface area contributed by atoms with Gasteiger partial charge in [-0.1, -0.05) is 20.3 Å². The lowest BCUT2D eigenvalue weighted by molar-refractivity contribution is 0.123. The van der Waals surface area contributed by atoms with E-state index < -0.39 is 0 Å². The third-order valence-corrected chi connectivity index (χ3v) is 4.43. The highest BCUT2D eigenvalue weighted by atomic mass is 32.2. The van der Waals surface area contributed by atoms with Gasteiger partial charge < -0.3 is 0 Å². The maximum atomic E-state index is 2.66. The summed E-state index contributed by atoms with van der Waals surface area (Å²) in [6.45, 7) is 12.0. The first kappa shape index (κ1) is 11.4. The van der Waals surface area contributed by atoms with Crippen LogP contribution in [0, 0.1) is 5.92 Å². The van der Waals surface area contributed by atoms with Crippen LogP contribution >= 0.6 is 11.8 Å². The molecule has 0 aromatic heterocycles. The molecule has 0 aliphatic carbocycles. The molecule has 0 saturated carbocycles. The van der Waals surface area contributed by atoms with Crippen molar-refractivity contribution in [3.8, 4) is 0 Å². The number of nitrogens with zero attached hydrogens (tertiary/aromatic N) is 1. The number of rotatable bonds is 3. The molecule has 1 unspecified atom stereocenters. The van der Waals surface area contributed by atoms with E-state index in [4.69, 9.17) is 0 Å². The maximum Gasteiger partial charge on any atom is 0.0244 e. The molecule has 2 heteroatoms. The maximum absolute atomic E-state index is 2.66. The third kappa shape index (κ3) is 3.17. The van der Waals surface area contributed by atoms with Crippen molar-refractivity contribution in [2.24, 2.45) is 5.92 Å². The highest BCUT2D eigenvalue weighted by molar-refractivity contribution is 7.99. The zero-order valence-corrected chi connectivity index (χ0v) is 10.3. The minimum atomic E-state index is 0.423. The Balaban J connectivity index is 2.46. The molecule has 13 heavy (non-hydrogen) atoms. The van der Waals surface area contributed by atoms with E-state index in [1.807, 2.05) is 0 Å². The van der Waals surface area contributed by atoms with Crippen molar-refractivity contribution in [2.75, 3.05) is 24.6 Å². The first-order valence-corrected chi connectivity index (χ1v) is 6.54. The zero-order chi connectivity index (χ0) is 9.90. The average molecular weight is 201 g/mol. The summed E-state index contributed by atoms with van der Waals surface area (Å²) < 4.78 is 0. The normalized spacial score (nSPS) is 25.8. The summed E-state index contributed by atoms with van der Waals surface area (Å²) in [6, 6.07) is 0. The lowest BCUT2D eigenvalue weighted by Gasteiger charge is -2.43. The molecule has 0 amide bonds. The van der Waals surface area contributed by atoms with Gasteiger partial charge in [-0.2, -0.15) is 11.8 Å². The predicted molar refractivity (Wildman–Crippen MR) is 62.4 cm³/mol. The van der Waals surface area contributed by atoms with Crippen molar-refractivity contribution >= 4 is 11.8 Å². The summed E-state index contributed by atoms with van der Waals surface area (Å²) >= 11 is 2.10. The lowest BCUT2D eigenvalue weighted by atomic mass is 10.0. The summed E-state index contributed by atoms with van der Waals surface area (Å²) in [5, 5.41) is 0. The van der Waals surface area contributed by atoms with Crippen LogP contribution in [0.4, 0.5) is 0 Å². The van der Waals surface area contributed by atoms with Gasteiger partial charge in [-0.15, -0.1) is 0 Å². The minimum Gasteiger partial charge on any atom is -0.296 e. The van der Waals surface area contributed by atoms with Crippen molar-refractivity contribution < 1.29 is 0 Å². The van der Waals surface area contributed by atoms with Crippen LogP contribution in [0.5, 0.6) is 0 Å². The van der Waals surface area contributed by atoms with Gasteiger partial charge in [-0.05, 0) is 19.8 Å². The van der Waals surface area contributed by atoms with Crippen molar-refractivity contribution in [3.05, 3.63) is 0 Å². The van der Waals surface area contributed by atoms with Crippen LogP contribution in [-0.4, -0.2) is 35.0 Å². The summed E-state index contributed by atoms with van der Waals surface area (Å²) in [5.41, 5.74) is 0.423. The van der Waals surface area contributed by atoms with Gasteiger partial charge in [-0.3, -0.25) is 4.90 Å². The topological polar surface area (TPSA) is 3.24 Å². The van der Waals surface area contributed by atoms with Crippen molar-refractivity contribution in [2.45, 2.75) is 39.7 Å². The Kier molecular flexibility index (Phi) is 4.11. The van der Waals surface area contributed by atoms with Crippen LogP contribution in [-0.2, 0) is 0 Å². The van der Waals surface area contributed by atoms with Gasteiger partial charge in [0.15, 0.2) is 0 Å². The zero-order valence-electron chi connectivity index (χ0n) is 9.47. The Morgan fingerprint density at radius 1 is 1.46 bits per heavy atom. The minimum absolute atomic E-state index is 0.423. The number of thioether (sulfide) groups is 1. The average Bonchev–Trinajstić information content (AvgIpc) is 2.08. The SMILES string of the molecule is CCC(C)CN1CCSCC1(C)C. The van der Waals surface area contributed by atoms with Gasteiger partial charge in [0, 0.05) is 30.1 Å². The Labute approximate surface area is 87.3 Å². The van der Waals surface area contributed by atoms with Crippen LogP contribution in [0.15, 0.2) is 0 Å². The highest BCUT2D eigenvalue weighted by Gasteiger charge is 2.30. The van der Waals surface area contributed by atoms with Gasteiger partial charge in [0.25, 0.3) is 0 Å². The van der Waals surface area contributed by atoms with Gasteiger partial charge >= 0.3 is 0 Å². The van der Waals surface area contributed by atoms with Crippen molar-refractivity contribution in [1.29, 1.82) is 0 Å². The van der Waals surface area contributed by atoms with E-state index in [9.17, 15) is 0 Å². The second kappa shape index (κ2) is 4.70. The van der Waals surface area contributed by atoms with Crippen molar-refractivity contribution in [3.63, 3.8) is 0 Å².